The fourth-order valence-electron chi connectivity index (χ4n) is 4.18. The number of aromatic amines is 1. The van der Waals surface area contributed by atoms with Gasteiger partial charge in [-0.15, -0.1) is 0 Å². The van der Waals surface area contributed by atoms with Crippen LogP contribution in [0.25, 0.3) is 32.8 Å². The second kappa shape index (κ2) is 8.29. The minimum Gasteiger partial charge on any atom is -0.496 e. The Morgan fingerprint density at radius 2 is 1.71 bits per heavy atom. The zero-order chi connectivity index (χ0) is 21.2. The van der Waals surface area contributed by atoms with Gasteiger partial charge in [0, 0.05) is 29.9 Å². The van der Waals surface area contributed by atoms with Gasteiger partial charge < -0.3 is 15.0 Å². The van der Waals surface area contributed by atoms with E-state index in [4.69, 9.17) is 4.74 Å². The van der Waals surface area contributed by atoms with E-state index in [2.05, 4.69) is 102 Å². The predicted octanol–water partition coefficient (Wildman–Crippen LogP) is 6.85. The smallest absolute Gasteiger partial charge is 0.126 e. The second-order valence-electron chi connectivity index (χ2n) is 8.02. The van der Waals surface area contributed by atoms with Gasteiger partial charge >= 0.3 is 0 Å². The minimum absolute atomic E-state index is 0.256. The average Bonchev–Trinajstić information content (AvgIpc) is 3.30. The number of rotatable bonds is 6. The Morgan fingerprint density at radius 1 is 0.839 bits per heavy atom. The topological polar surface area (TPSA) is 37.0 Å². The van der Waals surface area contributed by atoms with Crippen molar-refractivity contribution in [3.8, 4) is 16.9 Å². The van der Waals surface area contributed by atoms with E-state index in [0.29, 0.717) is 0 Å². The quantitative estimate of drug-likeness (QED) is 0.324. The molecule has 1 aromatic heterocycles. The van der Waals surface area contributed by atoms with E-state index in [0.717, 1.165) is 28.9 Å². The standard InChI is InChI=1S/C28H26N2O/c1-19(22-9-8-21-5-3-4-6-23(21)16-22)30-18-20-7-12-28(31-2)26(15-20)24-10-11-27-25(17-24)13-14-29-27/h3-17,19,29-30H,18H2,1-2H3/t19-/m1/s1. The summed E-state index contributed by atoms with van der Waals surface area (Å²) in [6.07, 6.45) is 1.97. The van der Waals surface area contributed by atoms with Crippen LogP contribution in [0.4, 0.5) is 0 Å². The highest BCUT2D eigenvalue weighted by atomic mass is 16.5. The van der Waals surface area contributed by atoms with Crippen molar-refractivity contribution in [1.29, 1.82) is 0 Å². The lowest BCUT2D eigenvalue weighted by atomic mass is 10.00. The Labute approximate surface area is 182 Å². The zero-order valence-corrected chi connectivity index (χ0v) is 17.9. The van der Waals surface area contributed by atoms with Gasteiger partial charge in [-0.05, 0) is 76.2 Å². The van der Waals surface area contributed by atoms with E-state index in [9.17, 15) is 0 Å². The Balaban J connectivity index is 1.38. The van der Waals surface area contributed by atoms with Crippen LogP contribution in [0.5, 0.6) is 5.75 Å². The summed E-state index contributed by atoms with van der Waals surface area (Å²) in [7, 11) is 1.73. The Hall–Kier alpha value is -3.56. The normalized spacial score (nSPS) is 12.3. The molecular weight excluding hydrogens is 380 g/mol. The third-order valence-electron chi connectivity index (χ3n) is 6.01. The highest BCUT2D eigenvalue weighted by Crippen LogP contribution is 2.33. The van der Waals surface area contributed by atoms with Gasteiger partial charge in [0.05, 0.1) is 7.11 Å². The molecule has 0 radical (unpaired) electrons. The number of hydrogen-bond acceptors (Lipinski definition) is 2. The number of benzene rings is 4. The fourth-order valence-corrected chi connectivity index (χ4v) is 4.18. The Bertz CT molecular complexity index is 1350. The van der Waals surface area contributed by atoms with Crippen LogP contribution < -0.4 is 10.1 Å². The molecule has 0 bridgehead atoms. The van der Waals surface area contributed by atoms with Crippen LogP contribution in [-0.2, 0) is 6.54 Å². The average molecular weight is 407 g/mol. The molecular formula is C28H26N2O. The first kappa shape index (κ1) is 19.4. The molecule has 0 aliphatic rings. The van der Waals surface area contributed by atoms with Gasteiger partial charge in [0.25, 0.3) is 0 Å². The summed E-state index contributed by atoms with van der Waals surface area (Å²) in [5.41, 5.74) is 5.95. The van der Waals surface area contributed by atoms with Crippen LogP contribution in [-0.4, -0.2) is 12.1 Å². The van der Waals surface area contributed by atoms with Crippen LogP contribution in [0.3, 0.4) is 0 Å². The van der Waals surface area contributed by atoms with Gasteiger partial charge in [-0.1, -0.05) is 48.5 Å². The number of H-pyrrole nitrogens is 1. The summed E-state index contributed by atoms with van der Waals surface area (Å²) in [5, 5.41) is 7.43. The Morgan fingerprint density at radius 3 is 2.58 bits per heavy atom. The highest BCUT2D eigenvalue weighted by molar-refractivity contribution is 5.86. The maximum Gasteiger partial charge on any atom is 0.126 e. The van der Waals surface area contributed by atoms with Crippen LogP contribution in [0.15, 0.2) is 91.1 Å². The largest absolute Gasteiger partial charge is 0.496 e. The van der Waals surface area contributed by atoms with Crippen LogP contribution in [0.1, 0.15) is 24.1 Å². The van der Waals surface area contributed by atoms with E-state index >= 15 is 0 Å². The van der Waals surface area contributed by atoms with Crippen molar-refractivity contribution in [3.63, 3.8) is 0 Å². The summed E-state index contributed by atoms with van der Waals surface area (Å²) in [6, 6.07) is 30.4. The molecule has 3 heteroatoms. The van der Waals surface area contributed by atoms with Crippen LogP contribution in [0, 0.1) is 0 Å². The molecule has 2 N–H and O–H groups in total. The first-order valence-electron chi connectivity index (χ1n) is 10.7. The van der Waals surface area contributed by atoms with E-state index < -0.39 is 0 Å². The van der Waals surface area contributed by atoms with Crippen molar-refractivity contribution >= 4 is 21.7 Å². The monoisotopic (exact) mass is 406 g/mol. The van der Waals surface area contributed by atoms with Gasteiger partial charge in [-0.2, -0.15) is 0 Å². The maximum absolute atomic E-state index is 5.66. The summed E-state index contributed by atoms with van der Waals surface area (Å²) in [4.78, 5) is 3.26. The first-order chi connectivity index (χ1) is 15.2. The summed E-state index contributed by atoms with van der Waals surface area (Å²) in [5.74, 6) is 0.890. The van der Waals surface area contributed by atoms with Crippen molar-refractivity contribution in [1.82, 2.24) is 10.3 Å². The van der Waals surface area contributed by atoms with Gasteiger partial charge in [-0.3, -0.25) is 0 Å². The fraction of sp³-hybridized carbons (Fsp3) is 0.143. The van der Waals surface area contributed by atoms with Gasteiger partial charge in [0.15, 0.2) is 0 Å². The second-order valence-corrected chi connectivity index (χ2v) is 8.02. The molecule has 0 fully saturated rings. The van der Waals surface area contributed by atoms with Crippen molar-refractivity contribution in [3.05, 3.63) is 102 Å². The van der Waals surface area contributed by atoms with Gasteiger partial charge in [0.1, 0.15) is 5.75 Å². The molecule has 0 amide bonds. The number of nitrogens with one attached hydrogen (secondary N) is 2. The third-order valence-corrected chi connectivity index (χ3v) is 6.01. The summed E-state index contributed by atoms with van der Waals surface area (Å²) in [6.45, 7) is 3.01. The molecule has 0 spiro atoms. The maximum atomic E-state index is 5.66. The first-order valence-corrected chi connectivity index (χ1v) is 10.7. The molecule has 4 aromatic carbocycles. The molecule has 0 saturated heterocycles. The van der Waals surface area contributed by atoms with E-state index in [1.54, 1.807) is 7.11 Å². The van der Waals surface area contributed by atoms with Crippen LogP contribution >= 0.6 is 0 Å². The molecule has 154 valence electrons. The lowest BCUT2D eigenvalue weighted by molar-refractivity contribution is 0.416. The SMILES string of the molecule is COc1ccc(CN[C@H](C)c2ccc3ccccc3c2)cc1-c1ccc2[nH]ccc2c1. The highest BCUT2D eigenvalue weighted by Gasteiger charge is 2.10. The number of hydrogen-bond donors (Lipinski definition) is 2. The number of fused-ring (bicyclic) bond motifs is 2. The van der Waals surface area contributed by atoms with E-state index in [1.807, 2.05) is 6.20 Å². The summed E-state index contributed by atoms with van der Waals surface area (Å²) >= 11 is 0. The molecule has 31 heavy (non-hydrogen) atoms. The minimum atomic E-state index is 0.256. The number of methoxy groups -OCH3 is 1. The van der Waals surface area contributed by atoms with Crippen molar-refractivity contribution in [2.24, 2.45) is 0 Å². The predicted molar refractivity (Wildman–Crippen MR) is 129 cm³/mol. The molecule has 3 nitrogen and oxygen atoms in total. The summed E-state index contributed by atoms with van der Waals surface area (Å²) < 4.78 is 5.66. The molecule has 5 aromatic rings. The molecule has 0 unspecified atom stereocenters. The van der Waals surface area contributed by atoms with Gasteiger partial charge in [0.2, 0.25) is 0 Å². The lowest BCUT2D eigenvalue weighted by Gasteiger charge is -2.17. The molecule has 0 saturated carbocycles. The zero-order valence-electron chi connectivity index (χ0n) is 17.9. The van der Waals surface area contributed by atoms with Crippen molar-refractivity contribution in [2.75, 3.05) is 7.11 Å². The third kappa shape index (κ3) is 3.92. The van der Waals surface area contributed by atoms with Crippen LogP contribution in [0.2, 0.25) is 0 Å². The number of aromatic nitrogens is 1. The molecule has 1 heterocycles. The molecule has 0 aliphatic carbocycles. The van der Waals surface area contributed by atoms with Gasteiger partial charge in [-0.25, -0.2) is 0 Å². The molecule has 5 rings (SSSR count). The Kier molecular flexibility index (Phi) is 5.19. The number of ether oxygens (including phenoxy) is 1. The molecule has 0 aliphatic heterocycles. The lowest BCUT2D eigenvalue weighted by Crippen LogP contribution is -2.18. The van der Waals surface area contributed by atoms with Crippen molar-refractivity contribution in [2.45, 2.75) is 19.5 Å². The van der Waals surface area contributed by atoms with E-state index in [1.165, 1.54) is 27.3 Å². The van der Waals surface area contributed by atoms with Crippen molar-refractivity contribution < 1.29 is 4.74 Å². The van der Waals surface area contributed by atoms with E-state index in [-0.39, 0.29) is 6.04 Å². The molecule has 1 atom stereocenters.